The fourth-order valence-corrected chi connectivity index (χ4v) is 9.30. The molecule has 0 fully saturated rings. The van der Waals surface area contributed by atoms with Gasteiger partial charge in [-0.3, -0.25) is 0 Å². The molecule has 0 radical (unpaired) electrons. The van der Waals surface area contributed by atoms with Gasteiger partial charge in [-0.05, 0) is 75.5 Å². The number of para-hydroxylation sites is 2. The second kappa shape index (κ2) is 10.2. The molecule has 3 heteroatoms. The van der Waals surface area contributed by atoms with E-state index in [1.807, 2.05) is 11.3 Å². The Morgan fingerprint density at radius 3 is 1.92 bits per heavy atom. The van der Waals surface area contributed by atoms with E-state index in [2.05, 4.69) is 168 Å². The zero-order valence-electron chi connectivity index (χ0n) is 26.4. The molecule has 0 bridgehead atoms. The van der Waals surface area contributed by atoms with E-state index in [9.17, 15) is 0 Å². The largest absolute Gasteiger partial charge is 0.456 e. The first-order chi connectivity index (χ1) is 24.3. The van der Waals surface area contributed by atoms with Crippen molar-refractivity contribution in [2.24, 2.45) is 0 Å². The number of thiophene rings is 1. The van der Waals surface area contributed by atoms with Gasteiger partial charge in [0.15, 0.2) is 0 Å². The van der Waals surface area contributed by atoms with Crippen LogP contribution < -0.4 is 0 Å². The number of benzene rings is 8. The minimum atomic E-state index is 0.906. The molecule has 11 rings (SSSR count). The van der Waals surface area contributed by atoms with Crippen LogP contribution in [0.5, 0.6) is 0 Å². The maximum atomic E-state index is 6.47. The van der Waals surface area contributed by atoms with Gasteiger partial charge in [0.1, 0.15) is 11.2 Å². The lowest BCUT2D eigenvalue weighted by Crippen LogP contribution is -1.96. The van der Waals surface area contributed by atoms with Crippen LogP contribution in [-0.4, -0.2) is 4.57 Å². The topological polar surface area (TPSA) is 18.1 Å². The first-order valence-electron chi connectivity index (χ1n) is 16.7. The van der Waals surface area contributed by atoms with Crippen molar-refractivity contribution in [1.29, 1.82) is 0 Å². The number of hydrogen-bond donors (Lipinski definition) is 0. The van der Waals surface area contributed by atoms with Gasteiger partial charge in [0.05, 0.1) is 26.8 Å². The molecule has 3 heterocycles. The van der Waals surface area contributed by atoms with Crippen LogP contribution in [0.15, 0.2) is 168 Å². The van der Waals surface area contributed by atoms with Gasteiger partial charge in [0, 0.05) is 31.6 Å². The average Bonchev–Trinajstić information content (AvgIpc) is 3.84. The minimum Gasteiger partial charge on any atom is -0.456 e. The molecule has 0 aliphatic rings. The van der Waals surface area contributed by atoms with E-state index in [4.69, 9.17) is 4.42 Å². The van der Waals surface area contributed by atoms with Crippen molar-refractivity contribution in [2.45, 2.75) is 0 Å². The molecule has 0 saturated heterocycles. The molecule has 3 aromatic heterocycles. The fraction of sp³-hybridized carbons (Fsp3) is 0. The minimum absolute atomic E-state index is 0.906. The quantitative estimate of drug-likeness (QED) is 0.188. The zero-order chi connectivity index (χ0) is 32.1. The molecule has 11 aromatic rings. The van der Waals surface area contributed by atoms with E-state index in [0.29, 0.717) is 0 Å². The third-order valence-electron chi connectivity index (χ3n) is 10.2. The number of hydrogen-bond acceptors (Lipinski definition) is 2. The summed E-state index contributed by atoms with van der Waals surface area (Å²) in [5.74, 6) is 0. The summed E-state index contributed by atoms with van der Waals surface area (Å²) < 4.78 is 11.5. The molecular weight excluding hydrogens is 615 g/mol. The molecule has 0 amide bonds. The third kappa shape index (κ3) is 3.82. The van der Waals surface area contributed by atoms with E-state index < -0.39 is 0 Å². The monoisotopic (exact) mass is 641 g/mol. The van der Waals surface area contributed by atoms with Gasteiger partial charge in [-0.2, -0.15) is 0 Å². The standard InChI is InChI=1S/C46H27NOS/c1-3-13-28(14-4-1)30-25-37-43-33-19-8-7-17-31(33)36(29-15-5-2-6-16-29)27-42(43)49-46(37)39(26-30)47-38-21-11-9-18-32(38)34-23-24-41-44(45(34)47)35-20-10-12-22-40(35)48-41/h1-27H. The van der Waals surface area contributed by atoms with Gasteiger partial charge in [0.25, 0.3) is 0 Å². The fourth-order valence-electron chi connectivity index (χ4n) is 8.06. The summed E-state index contributed by atoms with van der Waals surface area (Å²) in [6.45, 7) is 0. The van der Waals surface area contributed by atoms with Crippen LogP contribution in [0, 0.1) is 0 Å². The smallest absolute Gasteiger partial charge is 0.137 e. The predicted molar refractivity (Wildman–Crippen MR) is 209 cm³/mol. The highest BCUT2D eigenvalue weighted by Crippen LogP contribution is 2.48. The maximum absolute atomic E-state index is 6.47. The highest BCUT2D eigenvalue weighted by atomic mass is 32.1. The summed E-state index contributed by atoms with van der Waals surface area (Å²) in [7, 11) is 0. The lowest BCUT2D eigenvalue weighted by molar-refractivity contribution is 0.669. The van der Waals surface area contributed by atoms with Crippen LogP contribution in [0.3, 0.4) is 0 Å². The zero-order valence-corrected chi connectivity index (χ0v) is 27.2. The molecule has 0 aliphatic heterocycles. The number of fused-ring (bicyclic) bond motifs is 12. The van der Waals surface area contributed by atoms with Crippen molar-refractivity contribution in [3.05, 3.63) is 164 Å². The Morgan fingerprint density at radius 1 is 0.429 bits per heavy atom. The van der Waals surface area contributed by atoms with Crippen LogP contribution in [0.2, 0.25) is 0 Å². The molecule has 0 atom stereocenters. The maximum Gasteiger partial charge on any atom is 0.137 e. The SMILES string of the molecule is c1ccc(-c2cc(-n3c4ccccc4c4ccc5oc6ccccc6c5c43)c3sc4cc(-c5ccccc5)c5ccccc5c4c3c2)cc1. The predicted octanol–water partition coefficient (Wildman–Crippen LogP) is 13.5. The van der Waals surface area contributed by atoms with E-state index in [1.165, 1.54) is 80.7 Å². The summed E-state index contributed by atoms with van der Waals surface area (Å²) in [4.78, 5) is 0. The van der Waals surface area contributed by atoms with Crippen LogP contribution in [0.1, 0.15) is 0 Å². The van der Waals surface area contributed by atoms with Crippen molar-refractivity contribution in [2.75, 3.05) is 0 Å². The Hall–Kier alpha value is -6.16. The summed E-state index contributed by atoms with van der Waals surface area (Å²) in [5.41, 5.74) is 10.3. The lowest BCUT2D eigenvalue weighted by atomic mass is 9.94. The summed E-state index contributed by atoms with van der Waals surface area (Å²) in [6.07, 6.45) is 0. The molecule has 0 N–H and O–H groups in total. The van der Waals surface area contributed by atoms with E-state index in [-0.39, 0.29) is 0 Å². The summed E-state index contributed by atoms with van der Waals surface area (Å²) in [6, 6.07) is 59.4. The number of rotatable bonds is 3. The van der Waals surface area contributed by atoms with Gasteiger partial charge in [-0.15, -0.1) is 11.3 Å². The second-order valence-electron chi connectivity index (χ2n) is 12.8. The number of nitrogens with zero attached hydrogens (tertiary/aromatic N) is 1. The molecule has 0 saturated carbocycles. The van der Waals surface area contributed by atoms with Gasteiger partial charge in [0.2, 0.25) is 0 Å². The van der Waals surface area contributed by atoms with Crippen LogP contribution in [0.4, 0.5) is 0 Å². The van der Waals surface area contributed by atoms with Crippen LogP contribution in [0.25, 0.3) is 103 Å². The number of aromatic nitrogens is 1. The molecule has 0 spiro atoms. The average molecular weight is 642 g/mol. The number of furan rings is 1. The van der Waals surface area contributed by atoms with E-state index in [1.54, 1.807) is 0 Å². The van der Waals surface area contributed by atoms with Crippen LogP contribution >= 0.6 is 11.3 Å². The molecule has 8 aromatic carbocycles. The molecular formula is C46H27NOS. The Labute approximate surface area is 285 Å². The Kier molecular flexibility index (Phi) is 5.57. The normalized spacial score (nSPS) is 12.1. The molecule has 0 aliphatic carbocycles. The van der Waals surface area contributed by atoms with E-state index >= 15 is 0 Å². The Morgan fingerprint density at radius 2 is 1.10 bits per heavy atom. The highest BCUT2D eigenvalue weighted by molar-refractivity contribution is 7.26. The Balaban J connectivity index is 1.36. The van der Waals surface area contributed by atoms with Crippen molar-refractivity contribution in [3.63, 3.8) is 0 Å². The highest BCUT2D eigenvalue weighted by Gasteiger charge is 2.23. The summed E-state index contributed by atoms with van der Waals surface area (Å²) >= 11 is 1.90. The molecule has 2 nitrogen and oxygen atoms in total. The van der Waals surface area contributed by atoms with Crippen molar-refractivity contribution in [1.82, 2.24) is 4.57 Å². The molecule has 228 valence electrons. The van der Waals surface area contributed by atoms with E-state index in [0.717, 1.165) is 21.9 Å². The van der Waals surface area contributed by atoms with Crippen molar-refractivity contribution >= 4 is 86.0 Å². The Bertz CT molecular complexity index is 3090. The van der Waals surface area contributed by atoms with Gasteiger partial charge < -0.3 is 8.98 Å². The lowest BCUT2D eigenvalue weighted by Gasteiger charge is -2.13. The first kappa shape index (κ1) is 26.9. The summed E-state index contributed by atoms with van der Waals surface area (Å²) in [5, 5.41) is 9.91. The van der Waals surface area contributed by atoms with Crippen molar-refractivity contribution < 1.29 is 4.42 Å². The second-order valence-corrected chi connectivity index (χ2v) is 13.9. The molecule has 49 heavy (non-hydrogen) atoms. The van der Waals surface area contributed by atoms with Crippen LogP contribution in [-0.2, 0) is 0 Å². The van der Waals surface area contributed by atoms with Gasteiger partial charge in [-0.1, -0.05) is 121 Å². The van der Waals surface area contributed by atoms with Crippen molar-refractivity contribution in [3.8, 4) is 27.9 Å². The van der Waals surface area contributed by atoms with Gasteiger partial charge in [-0.25, -0.2) is 0 Å². The van der Waals surface area contributed by atoms with Gasteiger partial charge >= 0.3 is 0 Å². The molecule has 0 unspecified atom stereocenters. The third-order valence-corrected chi connectivity index (χ3v) is 11.3. The first-order valence-corrected chi connectivity index (χ1v) is 17.5.